The Morgan fingerprint density at radius 3 is 2.71 bits per heavy atom. The first kappa shape index (κ1) is 17.9. The zero-order valence-electron chi connectivity index (χ0n) is 10.9. The molecule has 1 rings (SSSR count). The van der Waals surface area contributed by atoms with E-state index in [0.717, 1.165) is 4.31 Å². The van der Waals surface area contributed by atoms with Crippen LogP contribution in [-0.2, 0) is 16.8 Å². The first-order valence-electron chi connectivity index (χ1n) is 5.59. The molecule has 0 fully saturated rings. The minimum atomic E-state index is -4.61. The van der Waals surface area contributed by atoms with Gasteiger partial charge in [0, 0.05) is 13.6 Å². The van der Waals surface area contributed by atoms with Gasteiger partial charge in [-0.2, -0.15) is 30.6 Å². The Hall–Kier alpha value is -1.12. The Labute approximate surface area is 124 Å². The standard InChI is InChI=1S/C11H13F3N2O3S2/c1-16(21(18,19)15-8-11(12,13)14)6-9-5-10(20-7-9)3-2-4-17/h5,7,15,17H,4,6,8H2,1H3. The first-order valence-corrected chi connectivity index (χ1v) is 7.91. The molecule has 1 aromatic rings. The molecule has 5 nitrogen and oxygen atoms in total. The maximum absolute atomic E-state index is 12.0. The molecule has 0 aromatic carbocycles. The van der Waals surface area contributed by atoms with E-state index in [1.165, 1.54) is 23.1 Å². The SMILES string of the molecule is CN(Cc1csc(C#CCO)c1)S(=O)(=O)NCC(F)(F)F. The maximum atomic E-state index is 12.0. The Balaban J connectivity index is 2.67. The Bertz CT molecular complexity index is 629. The molecule has 0 amide bonds. The van der Waals surface area contributed by atoms with E-state index in [2.05, 4.69) is 11.8 Å². The fourth-order valence-electron chi connectivity index (χ4n) is 1.28. The van der Waals surface area contributed by atoms with E-state index in [-0.39, 0.29) is 13.2 Å². The van der Waals surface area contributed by atoms with Gasteiger partial charge in [0.1, 0.15) is 13.2 Å². The molecule has 0 aliphatic heterocycles. The van der Waals surface area contributed by atoms with Gasteiger partial charge in [-0.15, -0.1) is 11.3 Å². The molecule has 0 aliphatic rings. The third-order valence-electron chi connectivity index (χ3n) is 2.21. The molecule has 0 radical (unpaired) electrons. The molecular weight excluding hydrogens is 329 g/mol. The number of rotatable bonds is 5. The van der Waals surface area contributed by atoms with E-state index in [1.54, 1.807) is 11.4 Å². The molecule has 118 valence electrons. The number of hydrogen-bond acceptors (Lipinski definition) is 4. The van der Waals surface area contributed by atoms with Gasteiger partial charge in [0.25, 0.3) is 10.2 Å². The molecule has 0 unspecified atom stereocenters. The summed E-state index contributed by atoms with van der Waals surface area (Å²) in [6.45, 7) is -1.98. The lowest BCUT2D eigenvalue weighted by molar-refractivity contribution is -0.121. The van der Waals surface area contributed by atoms with E-state index in [9.17, 15) is 21.6 Å². The number of alkyl halides is 3. The molecule has 0 spiro atoms. The van der Waals surface area contributed by atoms with Crippen LogP contribution in [0.2, 0.25) is 0 Å². The number of nitrogens with one attached hydrogen (secondary N) is 1. The summed E-state index contributed by atoms with van der Waals surface area (Å²) in [6.07, 6.45) is -4.61. The van der Waals surface area contributed by atoms with Crippen molar-refractivity contribution in [2.75, 3.05) is 20.2 Å². The lowest BCUT2D eigenvalue weighted by Gasteiger charge is -2.17. The lowest BCUT2D eigenvalue weighted by Crippen LogP contribution is -2.42. The van der Waals surface area contributed by atoms with Gasteiger partial charge < -0.3 is 5.11 Å². The Kier molecular flexibility index (Phi) is 6.18. The molecule has 1 heterocycles. The van der Waals surface area contributed by atoms with Crippen LogP contribution in [0, 0.1) is 11.8 Å². The van der Waals surface area contributed by atoms with E-state index in [0.29, 0.717) is 10.4 Å². The molecule has 0 saturated heterocycles. The van der Waals surface area contributed by atoms with Crippen LogP contribution in [0.15, 0.2) is 11.4 Å². The third kappa shape index (κ3) is 6.45. The molecule has 1 aromatic heterocycles. The van der Waals surface area contributed by atoms with Crippen LogP contribution < -0.4 is 4.72 Å². The van der Waals surface area contributed by atoms with Crippen LogP contribution in [0.4, 0.5) is 13.2 Å². The average Bonchev–Trinajstić information content (AvgIpc) is 2.81. The summed E-state index contributed by atoms with van der Waals surface area (Å²) in [5, 5.41) is 10.2. The second-order valence-electron chi connectivity index (χ2n) is 3.98. The van der Waals surface area contributed by atoms with Gasteiger partial charge in [-0.1, -0.05) is 11.8 Å². The predicted molar refractivity (Wildman–Crippen MR) is 72.7 cm³/mol. The molecule has 0 saturated carbocycles. The number of thiophene rings is 1. The van der Waals surface area contributed by atoms with Gasteiger partial charge in [-0.25, -0.2) is 0 Å². The van der Waals surface area contributed by atoms with Crippen molar-refractivity contribution in [3.8, 4) is 11.8 Å². The number of aliphatic hydroxyl groups is 1. The van der Waals surface area contributed by atoms with Crippen molar-refractivity contribution in [2.45, 2.75) is 12.7 Å². The number of aliphatic hydroxyl groups excluding tert-OH is 1. The summed E-state index contributed by atoms with van der Waals surface area (Å²) < 4.78 is 61.5. The minimum absolute atomic E-state index is 0.0789. The fourth-order valence-corrected chi connectivity index (χ4v) is 2.93. The van der Waals surface area contributed by atoms with Crippen molar-refractivity contribution in [2.24, 2.45) is 0 Å². The highest BCUT2D eigenvalue weighted by atomic mass is 32.2. The van der Waals surface area contributed by atoms with Gasteiger partial charge >= 0.3 is 6.18 Å². The largest absolute Gasteiger partial charge is 0.402 e. The zero-order valence-corrected chi connectivity index (χ0v) is 12.6. The Morgan fingerprint density at radius 2 is 2.14 bits per heavy atom. The monoisotopic (exact) mass is 342 g/mol. The quantitative estimate of drug-likeness (QED) is 0.782. The summed E-state index contributed by atoms with van der Waals surface area (Å²) in [5.74, 6) is 5.10. The van der Waals surface area contributed by atoms with Crippen LogP contribution in [0.25, 0.3) is 0 Å². The highest BCUT2D eigenvalue weighted by Gasteiger charge is 2.30. The maximum Gasteiger partial charge on any atom is 0.402 e. The lowest BCUT2D eigenvalue weighted by atomic mass is 10.3. The van der Waals surface area contributed by atoms with Crippen molar-refractivity contribution < 1.29 is 26.7 Å². The van der Waals surface area contributed by atoms with Crippen molar-refractivity contribution in [3.63, 3.8) is 0 Å². The van der Waals surface area contributed by atoms with E-state index in [1.807, 2.05) is 0 Å². The fraction of sp³-hybridized carbons (Fsp3) is 0.455. The van der Waals surface area contributed by atoms with Crippen molar-refractivity contribution >= 4 is 21.5 Å². The summed E-state index contributed by atoms with van der Waals surface area (Å²) >= 11 is 1.25. The summed E-state index contributed by atoms with van der Waals surface area (Å²) in [5.41, 5.74) is 0.599. The molecule has 0 atom stereocenters. The van der Waals surface area contributed by atoms with Gasteiger partial charge in [0.2, 0.25) is 0 Å². The highest BCUT2D eigenvalue weighted by molar-refractivity contribution is 7.87. The van der Waals surface area contributed by atoms with Gasteiger partial charge in [0.05, 0.1) is 4.88 Å². The molecule has 0 aliphatic carbocycles. The topological polar surface area (TPSA) is 69.6 Å². The highest BCUT2D eigenvalue weighted by Crippen LogP contribution is 2.17. The summed E-state index contributed by atoms with van der Waals surface area (Å²) in [6, 6.07) is 1.61. The van der Waals surface area contributed by atoms with Crippen LogP contribution in [0.5, 0.6) is 0 Å². The van der Waals surface area contributed by atoms with E-state index in [4.69, 9.17) is 5.11 Å². The van der Waals surface area contributed by atoms with Crippen LogP contribution in [0.1, 0.15) is 10.4 Å². The average molecular weight is 342 g/mol. The summed E-state index contributed by atoms with van der Waals surface area (Å²) in [7, 11) is -3.03. The van der Waals surface area contributed by atoms with Gasteiger partial charge in [-0.3, -0.25) is 0 Å². The normalized spacial score (nSPS) is 12.3. The number of hydrogen-bond donors (Lipinski definition) is 2. The predicted octanol–water partition coefficient (Wildman–Crippen LogP) is 0.920. The van der Waals surface area contributed by atoms with Crippen molar-refractivity contribution in [3.05, 3.63) is 21.9 Å². The third-order valence-corrected chi connectivity index (χ3v) is 4.57. The number of nitrogens with zero attached hydrogens (tertiary/aromatic N) is 1. The van der Waals surface area contributed by atoms with Gasteiger partial charge in [0.15, 0.2) is 0 Å². The van der Waals surface area contributed by atoms with Crippen LogP contribution >= 0.6 is 11.3 Å². The first-order chi connectivity index (χ1) is 9.64. The van der Waals surface area contributed by atoms with Crippen LogP contribution in [-0.4, -0.2) is 44.2 Å². The van der Waals surface area contributed by atoms with Gasteiger partial charge in [-0.05, 0) is 17.0 Å². The smallest absolute Gasteiger partial charge is 0.384 e. The second-order valence-corrected chi connectivity index (χ2v) is 6.75. The molecule has 0 bridgehead atoms. The number of halogens is 3. The van der Waals surface area contributed by atoms with Crippen molar-refractivity contribution in [1.29, 1.82) is 0 Å². The molecule has 21 heavy (non-hydrogen) atoms. The Morgan fingerprint density at radius 1 is 1.48 bits per heavy atom. The second kappa shape index (κ2) is 7.24. The van der Waals surface area contributed by atoms with Crippen LogP contribution in [0.3, 0.4) is 0 Å². The van der Waals surface area contributed by atoms with E-state index < -0.39 is 22.9 Å². The molecule has 2 N–H and O–H groups in total. The molecular formula is C11H13F3N2O3S2. The zero-order chi connectivity index (χ0) is 16.1. The van der Waals surface area contributed by atoms with E-state index >= 15 is 0 Å². The van der Waals surface area contributed by atoms with Crippen molar-refractivity contribution in [1.82, 2.24) is 9.03 Å². The molecule has 10 heteroatoms. The minimum Gasteiger partial charge on any atom is -0.384 e. The summed E-state index contributed by atoms with van der Waals surface area (Å²) in [4.78, 5) is 0.632.